The maximum absolute atomic E-state index is 12.1. The van der Waals surface area contributed by atoms with Crippen molar-refractivity contribution in [2.75, 3.05) is 26.2 Å². The average molecular weight is 269 g/mol. The number of nitrogens with zero attached hydrogens (tertiary/aromatic N) is 2. The lowest BCUT2D eigenvalue weighted by Gasteiger charge is -2.40. The van der Waals surface area contributed by atoms with Gasteiger partial charge in [0.05, 0.1) is 6.04 Å². The molecule has 1 atom stereocenters. The van der Waals surface area contributed by atoms with Crippen molar-refractivity contribution in [3.63, 3.8) is 0 Å². The fourth-order valence-corrected chi connectivity index (χ4v) is 2.84. The molecule has 3 rings (SSSR count). The molecule has 0 radical (unpaired) electrons. The quantitative estimate of drug-likeness (QED) is 0.825. The van der Waals surface area contributed by atoms with Gasteiger partial charge in [0.2, 0.25) is 0 Å². The summed E-state index contributed by atoms with van der Waals surface area (Å²) < 4.78 is 0. The van der Waals surface area contributed by atoms with Crippen LogP contribution in [0.1, 0.15) is 17.9 Å². The summed E-state index contributed by atoms with van der Waals surface area (Å²) in [6.07, 6.45) is 6.30. The molecule has 4 nitrogen and oxygen atoms in total. The maximum Gasteiger partial charge on any atom is 0.317 e. The molecule has 0 spiro atoms. The highest BCUT2D eigenvalue weighted by atomic mass is 16.2. The van der Waals surface area contributed by atoms with E-state index in [9.17, 15) is 4.79 Å². The van der Waals surface area contributed by atoms with Crippen molar-refractivity contribution in [2.45, 2.75) is 18.4 Å². The third-order valence-electron chi connectivity index (χ3n) is 4.14. The van der Waals surface area contributed by atoms with Crippen LogP contribution >= 0.6 is 0 Å². The average Bonchev–Trinajstić information content (AvgIpc) is 2.86. The topological polar surface area (TPSA) is 35.6 Å². The van der Waals surface area contributed by atoms with Crippen molar-refractivity contribution in [2.24, 2.45) is 0 Å². The summed E-state index contributed by atoms with van der Waals surface area (Å²) in [5.74, 6) is 0.479. The van der Waals surface area contributed by atoms with E-state index in [2.05, 4.69) is 23.5 Å². The minimum Gasteiger partial charge on any atom is -0.333 e. The van der Waals surface area contributed by atoms with Crippen LogP contribution in [0.2, 0.25) is 0 Å². The highest BCUT2D eigenvalue weighted by molar-refractivity contribution is 5.75. The van der Waals surface area contributed by atoms with E-state index >= 15 is 0 Å². The molecule has 0 saturated carbocycles. The molecule has 104 valence electrons. The van der Waals surface area contributed by atoms with Crippen LogP contribution in [-0.2, 0) is 0 Å². The lowest BCUT2D eigenvalue weighted by Crippen LogP contribution is -2.54. The Morgan fingerprint density at radius 3 is 2.65 bits per heavy atom. The molecule has 1 aromatic rings. The number of terminal acetylenes is 1. The smallest absolute Gasteiger partial charge is 0.317 e. The highest BCUT2D eigenvalue weighted by Crippen LogP contribution is 2.26. The molecule has 2 aliphatic rings. The Bertz CT molecular complexity index is 516. The van der Waals surface area contributed by atoms with Gasteiger partial charge in [-0.15, -0.1) is 0 Å². The predicted molar refractivity (Wildman–Crippen MR) is 78.1 cm³/mol. The van der Waals surface area contributed by atoms with E-state index in [0.717, 1.165) is 32.6 Å². The monoisotopic (exact) mass is 269 g/mol. The molecule has 1 aromatic carbocycles. The number of hydrogen-bond donors (Lipinski definition) is 1. The van der Waals surface area contributed by atoms with E-state index in [1.54, 1.807) is 0 Å². The predicted octanol–water partition coefficient (Wildman–Crippen LogP) is 1.46. The Kier molecular flexibility index (Phi) is 3.51. The van der Waals surface area contributed by atoms with E-state index < -0.39 is 0 Å². The largest absolute Gasteiger partial charge is 0.333 e. The summed E-state index contributed by atoms with van der Waals surface area (Å²) in [6, 6.07) is 13.2. The molecule has 0 aromatic heterocycles. The molecule has 20 heavy (non-hydrogen) atoms. The van der Waals surface area contributed by atoms with Crippen molar-refractivity contribution in [1.29, 1.82) is 0 Å². The zero-order chi connectivity index (χ0) is 13.9. The van der Waals surface area contributed by atoms with E-state index in [1.165, 1.54) is 5.56 Å². The SMILES string of the molecule is C#CN1CC[C@@H](NC(=O)N2CC(c3ccccc3)C2)C1. The molecule has 0 aliphatic carbocycles. The minimum absolute atomic E-state index is 0.0426. The van der Waals surface area contributed by atoms with Crippen molar-refractivity contribution in [1.82, 2.24) is 15.1 Å². The summed E-state index contributed by atoms with van der Waals surface area (Å²) in [5.41, 5.74) is 1.32. The minimum atomic E-state index is 0.0426. The van der Waals surface area contributed by atoms with Gasteiger partial charge in [0.15, 0.2) is 0 Å². The molecule has 2 fully saturated rings. The molecule has 1 N–H and O–H groups in total. The van der Waals surface area contributed by atoms with E-state index in [4.69, 9.17) is 6.42 Å². The van der Waals surface area contributed by atoms with Crippen LogP contribution in [0.25, 0.3) is 0 Å². The number of nitrogens with one attached hydrogen (secondary N) is 1. The van der Waals surface area contributed by atoms with Gasteiger partial charge in [0.1, 0.15) is 0 Å². The van der Waals surface area contributed by atoms with Crippen molar-refractivity contribution >= 4 is 6.03 Å². The molecule has 0 unspecified atom stereocenters. The second kappa shape index (κ2) is 5.46. The second-order valence-electron chi connectivity index (χ2n) is 5.52. The molecular weight excluding hydrogens is 250 g/mol. The Morgan fingerprint density at radius 1 is 1.25 bits per heavy atom. The van der Waals surface area contributed by atoms with Gasteiger partial charge in [0.25, 0.3) is 0 Å². The number of carbonyl (C=O) groups is 1. The van der Waals surface area contributed by atoms with Crippen LogP contribution in [0.3, 0.4) is 0 Å². The molecule has 4 heteroatoms. The summed E-state index contributed by atoms with van der Waals surface area (Å²) in [4.78, 5) is 15.9. The van der Waals surface area contributed by atoms with Crippen LogP contribution in [0.5, 0.6) is 0 Å². The van der Waals surface area contributed by atoms with Crippen LogP contribution < -0.4 is 5.32 Å². The maximum atomic E-state index is 12.1. The van der Waals surface area contributed by atoms with Crippen molar-refractivity contribution < 1.29 is 4.79 Å². The van der Waals surface area contributed by atoms with Crippen molar-refractivity contribution in [3.05, 3.63) is 35.9 Å². The van der Waals surface area contributed by atoms with Gasteiger partial charge < -0.3 is 15.1 Å². The first-order chi connectivity index (χ1) is 9.76. The number of urea groups is 1. The summed E-state index contributed by atoms with van der Waals surface area (Å²) in [5, 5.41) is 3.07. The molecule has 2 aliphatic heterocycles. The Hall–Kier alpha value is -2.15. The van der Waals surface area contributed by atoms with Gasteiger partial charge in [-0.25, -0.2) is 4.79 Å². The van der Waals surface area contributed by atoms with Crippen LogP contribution in [0, 0.1) is 12.5 Å². The lowest BCUT2D eigenvalue weighted by atomic mass is 9.92. The summed E-state index contributed by atoms with van der Waals surface area (Å²) in [7, 11) is 0. The van der Waals surface area contributed by atoms with Gasteiger partial charge in [-0.05, 0) is 12.0 Å². The highest BCUT2D eigenvalue weighted by Gasteiger charge is 2.33. The van der Waals surface area contributed by atoms with Gasteiger partial charge in [0, 0.05) is 38.1 Å². The summed E-state index contributed by atoms with van der Waals surface area (Å²) >= 11 is 0. The Labute approximate surface area is 119 Å². The van der Waals surface area contributed by atoms with E-state index in [-0.39, 0.29) is 12.1 Å². The fourth-order valence-electron chi connectivity index (χ4n) is 2.84. The van der Waals surface area contributed by atoms with Crippen molar-refractivity contribution in [3.8, 4) is 12.5 Å². The molecular formula is C16H19N3O. The number of carbonyl (C=O) groups excluding carboxylic acids is 1. The number of rotatable bonds is 2. The first-order valence-corrected chi connectivity index (χ1v) is 7.08. The van der Waals surface area contributed by atoms with Gasteiger partial charge in [-0.2, -0.15) is 0 Å². The van der Waals surface area contributed by atoms with E-state index in [1.807, 2.05) is 28.0 Å². The molecule has 2 saturated heterocycles. The van der Waals surface area contributed by atoms with Crippen LogP contribution in [-0.4, -0.2) is 48.1 Å². The van der Waals surface area contributed by atoms with Gasteiger partial charge >= 0.3 is 6.03 Å². The standard InChI is InChI=1S/C16H19N3O/c1-2-18-9-8-15(12-18)17-16(20)19-10-14(11-19)13-6-4-3-5-7-13/h1,3-7,14-15H,8-12H2,(H,17,20)/t15-/m1/s1. The third-order valence-corrected chi connectivity index (χ3v) is 4.14. The molecule has 2 heterocycles. The Morgan fingerprint density at radius 2 is 2.00 bits per heavy atom. The third kappa shape index (κ3) is 2.57. The normalized spacial score (nSPS) is 22.2. The molecule has 0 bridgehead atoms. The van der Waals surface area contributed by atoms with Crippen LogP contribution in [0.4, 0.5) is 4.79 Å². The number of likely N-dealkylation sites (tertiary alicyclic amines) is 2. The first kappa shape index (κ1) is 12.9. The van der Waals surface area contributed by atoms with Gasteiger partial charge in [-0.1, -0.05) is 36.8 Å². The lowest BCUT2D eigenvalue weighted by molar-refractivity contribution is 0.148. The second-order valence-corrected chi connectivity index (χ2v) is 5.52. The number of hydrogen-bond acceptors (Lipinski definition) is 2. The molecule has 2 amide bonds. The zero-order valence-electron chi connectivity index (χ0n) is 11.5. The number of amides is 2. The summed E-state index contributed by atoms with van der Waals surface area (Å²) in [6.45, 7) is 3.25. The fraction of sp³-hybridized carbons (Fsp3) is 0.438. The number of benzene rings is 1. The van der Waals surface area contributed by atoms with Crippen LogP contribution in [0.15, 0.2) is 30.3 Å². The first-order valence-electron chi connectivity index (χ1n) is 7.08. The van der Waals surface area contributed by atoms with Gasteiger partial charge in [-0.3, -0.25) is 0 Å². The Balaban J connectivity index is 1.46. The van der Waals surface area contributed by atoms with E-state index in [0.29, 0.717) is 5.92 Å². The zero-order valence-corrected chi connectivity index (χ0v) is 11.5.